The average Bonchev–Trinajstić information content (AvgIpc) is 3.06. The van der Waals surface area contributed by atoms with E-state index < -0.39 is 0 Å². The van der Waals surface area contributed by atoms with Gasteiger partial charge in [0.05, 0.1) is 6.61 Å². The summed E-state index contributed by atoms with van der Waals surface area (Å²) in [6.07, 6.45) is 1.05. The molecule has 5 heteroatoms. The monoisotopic (exact) mass is 355 g/mol. The topological polar surface area (TPSA) is 56.8 Å². The Morgan fingerprint density at radius 1 is 1.08 bits per heavy atom. The number of carbonyl (C=O) groups excluding carboxylic acids is 1. The quantitative estimate of drug-likeness (QED) is 0.775. The fourth-order valence-electron chi connectivity index (χ4n) is 2.67. The van der Waals surface area contributed by atoms with E-state index in [0.29, 0.717) is 36.6 Å². The number of hydrogen-bond acceptors (Lipinski definition) is 4. The highest BCUT2D eigenvalue weighted by atomic mass is 16.7. The maximum absolute atomic E-state index is 12.0. The highest BCUT2D eigenvalue weighted by molar-refractivity contribution is 5.91. The van der Waals surface area contributed by atoms with Crippen molar-refractivity contribution in [3.63, 3.8) is 0 Å². The van der Waals surface area contributed by atoms with E-state index in [4.69, 9.17) is 14.2 Å². The number of amides is 1. The van der Waals surface area contributed by atoms with E-state index in [9.17, 15) is 4.79 Å². The van der Waals surface area contributed by atoms with Crippen LogP contribution in [0.3, 0.4) is 0 Å². The van der Waals surface area contributed by atoms with Crippen molar-refractivity contribution in [3.05, 3.63) is 48.0 Å². The van der Waals surface area contributed by atoms with E-state index in [1.165, 1.54) is 5.56 Å². The summed E-state index contributed by atoms with van der Waals surface area (Å²) < 4.78 is 16.3. The second kappa shape index (κ2) is 7.68. The van der Waals surface area contributed by atoms with Crippen LogP contribution in [0.5, 0.6) is 17.2 Å². The molecule has 3 rings (SSSR count). The SMILES string of the molecule is CC(C)(C)c1ccc(OCCCC(=O)Nc2ccc3c(c2)OCO3)cc1. The van der Waals surface area contributed by atoms with Gasteiger partial charge in [0.15, 0.2) is 11.5 Å². The Morgan fingerprint density at radius 2 is 1.81 bits per heavy atom. The van der Waals surface area contributed by atoms with Crippen molar-refractivity contribution < 1.29 is 19.0 Å². The molecule has 5 nitrogen and oxygen atoms in total. The summed E-state index contributed by atoms with van der Waals surface area (Å²) in [6.45, 7) is 7.27. The molecule has 0 fully saturated rings. The van der Waals surface area contributed by atoms with Crippen molar-refractivity contribution in [3.8, 4) is 17.2 Å². The van der Waals surface area contributed by atoms with E-state index in [-0.39, 0.29) is 18.1 Å². The molecule has 0 unspecified atom stereocenters. The van der Waals surface area contributed by atoms with E-state index in [0.717, 1.165) is 5.75 Å². The molecule has 0 aliphatic carbocycles. The summed E-state index contributed by atoms with van der Waals surface area (Å²) in [5, 5.41) is 2.86. The summed E-state index contributed by atoms with van der Waals surface area (Å²) >= 11 is 0. The molecule has 1 aliphatic rings. The van der Waals surface area contributed by atoms with Gasteiger partial charge in [-0.2, -0.15) is 0 Å². The average molecular weight is 355 g/mol. The minimum absolute atomic E-state index is 0.0458. The summed E-state index contributed by atoms with van der Waals surface area (Å²) in [5.41, 5.74) is 2.11. The predicted octanol–water partition coefficient (Wildman–Crippen LogP) is 4.51. The van der Waals surface area contributed by atoms with Crippen LogP contribution < -0.4 is 19.5 Å². The first kappa shape index (κ1) is 18.1. The molecule has 138 valence electrons. The molecule has 0 radical (unpaired) electrons. The second-order valence-corrected chi connectivity index (χ2v) is 7.34. The Morgan fingerprint density at radius 3 is 2.54 bits per heavy atom. The van der Waals surface area contributed by atoms with Gasteiger partial charge < -0.3 is 19.5 Å². The van der Waals surface area contributed by atoms with Gasteiger partial charge in [-0.3, -0.25) is 4.79 Å². The lowest BCUT2D eigenvalue weighted by atomic mass is 9.87. The Kier molecular flexibility index (Phi) is 5.35. The first-order valence-corrected chi connectivity index (χ1v) is 8.85. The largest absolute Gasteiger partial charge is 0.494 e. The van der Waals surface area contributed by atoms with Crippen molar-refractivity contribution >= 4 is 11.6 Å². The molecule has 0 saturated heterocycles. The lowest BCUT2D eigenvalue weighted by molar-refractivity contribution is -0.116. The molecule has 0 spiro atoms. The molecule has 1 N–H and O–H groups in total. The van der Waals surface area contributed by atoms with Crippen LogP contribution in [0.15, 0.2) is 42.5 Å². The summed E-state index contributed by atoms with van der Waals surface area (Å²) in [4.78, 5) is 12.0. The Bertz CT molecular complexity index is 763. The molecule has 0 atom stereocenters. The van der Waals surface area contributed by atoms with Gasteiger partial charge in [-0.15, -0.1) is 0 Å². The zero-order chi connectivity index (χ0) is 18.6. The first-order valence-electron chi connectivity index (χ1n) is 8.85. The number of fused-ring (bicyclic) bond motifs is 1. The van der Waals surface area contributed by atoms with Gasteiger partial charge in [0.2, 0.25) is 12.7 Å². The van der Waals surface area contributed by atoms with Crippen molar-refractivity contribution in [2.75, 3.05) is 18.7 Å². The smallest absolute Gasteiger partial charge is 0.231 e. The van der Waals surface area contributed by atoms with E-state index in [2.05, 4.69) is 38.2 Å². The standard InChI is InChI=1S/C21H25NO4/c1-21(2,3)15-6-9-17(10-7-15)24-12-4-5-20(23)22-16-8-11-18-19(13-16)26-14-25-18/h6-11,13H,4-5,12,14H2,1-3H3,(H,22,23). The van der Waals surface area contributed by atoms with Crippen LogP contribution in [0, 0.1) is 0 Å². The first-order chi connectivity index (χ1) is 12.4. The number of hydrogen-bond donors (Lipinski definition) is 1. The Balaban J connectivity index is 1.40. The van der Waals surface area contributed by atoms with Crippen LogP contribution in [0.1, 0.15) is 39.2 Å². The maximum Gasteiger partial charge on any atom is 0.231 e. The molecule has 1 amide bonds. The van der Waals surface area contributed by atoms with Gasteiger partial charge in [-0.05, 0) is 41.7 Å². The normalized spacial score (nSPS) is 12.7. The number of ether oxygens (including phenoxy) is 3. The fourth-order valence-corrected chi connectivity index (χ4v) is 2.67. The van der Waals surface area contributed by atoms with E-state index >= 15 is 0 Å². The maximum atomic E-state index is 12.0. The summed E-state index contributed by atoms with van der Waals surface area (Å²) in [7, 11) is 0. The Hall–Kier alpha value is -2.69. The number of carbonyl (C=O) groups is 1. The van der Waals surface area contributed by atoms with Gasteiger partial charge in [0, 0.05) is 18.2 Å². The molecule has 26 heavy (non-hydrogen) atoms. The van der Waals surface area contributed by atoms with Gasteiger partial charge in [-0.1, -0.05) is 32.9 Å². The van der Waals surface area contributed by atoms with Gasteiger partial charge >= 0.3 is 0 Å². The van der Waals surface area contributed by atoms with Crippen molar-refractivity contribution in [1.82, 2.24) is 0 Å². The molecule has 0 saturated carbocycles. The van der Waals surface area contributed by atoms with Gasteiger partial charge in [0.25, 0.3) is 0 Å². The number of anilines is 1. The molecular weight excluding hydrogens is 330 g/mol. The van der Waals surface area contributed by atoms with E-state index in [1.807, 2.05) is 12.1 Å². The summed E-state index contributed by atoms with van der Waals surface area (Å²) in [5.74, 6) is 2.14. The van der Waals surface area contributed by atoms with Crippen LogP contribution in [0.2, 0.25) is 0 Å². The number of benzene rings is 2. The molecule has 0 aromatic heterocycles. The van der Waals surface area contributed by atoms with Gasteiger partial charge in [-0.25, -0.2) is 0 Å². The lowest BCUT2D eigenvalue weighted by Gasteiger charge is -2.19. The number of rotatable bonds is 6. The highest BCUT2D eigenvalue weighted by Crippen LogP contribution is 2.34. The Labute approximate surface area is 154 Å². The molecule has 0 bridgehead atoms. The molecule has 2 aromatic rings. The second-order valence-electron chi connectivity index (χ2n) is 7.34. The lowest BCUT2D eigenvalue weighted by Crippen LogP contribution is -2.13. The van der Waals surface area contributed by atoms with Crippen molar-refractivity contribution in [2.45, 2.75) is 39.0 Å². The van der Waals surface area contributed by atoms with E-state index in [1.54, 1.807) is 18.2 Å². The van der Waals surface area contributed by atoms with Crippen LogP contribution >= 0.6 is 0 Å². The van der Waals surface area contributed by atoms with Crippen LogP contribution in [0.25, 0.3) is 0 Å². The summed E-state index contributed by atoms with van der Waals surface area (Å²) in [6, 6.07) is 13.5. The zero-order valence-electron chi connectivity index (χ0n) is 15.5. The third-order valence-corrected chi connectivity index (χ3v) is 4.19. The molecule has 1 aliphatic heterocycles. The third-order valence-electron chi connectivity index (χ3n) is 4.19. The van der Waals surface area contributed by atoms with Gasteiger partial charge in [0.1, 0.15) is 5.75 Å². The van der Waals surface area contributed by atoms with Crippen molar-refractivity contribution in [2.24, 2.45) is 0 Å². The minimum Gasteiger partial charge on any atom is -0.494 e. The highest BCUT2D eigenvalue weighted by Gasteiger charge is 2.14. The third kappa shape index (κ3) is 4.69. The minimum atomic E-state index is -0.0458. The van der Waals surface area contributed by atoms with Crippen molar-refractivity contribution in [1.29, 1.82) is 0 Å². The van der Waals surface area contributed by atoms with Crippen LogP contribution in [-0.4, -0.2) is 19.3 Å². The molecule has 2 aromatic carbocycles. The zero-order valence-corrected chi connectivity index (χ0v) is 15.5. The molecule has 1 heterocycles. The fraction of sp³-hybridized carbons (Fsp3) is 0.381. The van der Waals surface area contributed by atoms with Crippen LogP contribution in [-0.2, 0) is 10.2 Å². The van der Waals surface area contributed by atoms with Crippen LogP contribution in [0.4, 0.5) is 5.69 Å². The predicted molar refractivity (Wildman–Crippen MR) is 101 cm³/mol. The number of nitrogens with one attached hydrogen (secondary N) is 1. The molecular formula is C21H25NO4.